The summed E-state index contributed by atoms with van der Waals surface area (Å²) in [5, 5.41) is 18.4. The van der Waals surface area contributed by atoms with Gasteiger partial charge in [0, 0.05) is 0 Å². The van der Waals surface area contributed by atoms with Crippen LogP contribution < -0.4 is 10.5 Å². The van der Waals surface area contributed by atoms with E-state index in [1.807, 2.05) is 0 Å². The molecule has 0 aromatic heterocycles. The first-order valence-corrected chi connectivity index (χ1v) is 4.37. The molecular weight excluding hydrogens is 182 g/mol. The monoisotopic (exact) mass is 197 g/mol. The van der Waals surface area contributed by atoms with E-state index in [1.54, 1.807) is 31.4 Å². The van der Waals surface area contributed by atoms with Gasteiger partial charge in [0.1, 0.15) is 5.75 Å². The maximum Gasteiger partial charge on any atom is 0.118 e. The first-order chi connectivity index (χ1) is 6.69. The summed E-state index contributed by atoms with van der Waals surface area (Å²) in [6.07, 6.45) is -0.842. The predicted octanol–water partition coefficient (Wildman–Crippen LogP) is 0.0482. The Bertz CT molecular complexity index is 273. The zero-order chi connectivity index (χ0) is 10.6. The standard InChI is InChI=1S/C10H15NO3/c1-14-8-4-2-7(3-5-8)10(13)9(11)6-12/h2-5,9-10,12-13H,6,11H2,1H3/t9-,10+/m0/s1. The molecule has 0 aliphatic carbocycles. The average Bonchev–Trinajstić information content (AvgIpc) is 2.27. The van der Waals surface area contributed by atoms with Gasteiger partial charge in [-0.1, -0.05) is 12.1 Å². The van der Waals surface area contributed by atoms with Gasteiger partial charge in [0.2, 0.25) is 0 Å². The average molecular weight is 197 g/mol. The largest absolute Gasteiger partial charge is 0.497 e. The molecule has 0 aliphatic rings. The molecule has 0 saturated heterocycles. The van der Waals surface area contributed by atoms with Crippen LogP contribution in [-0.4, -0.2) is 30.0 Å². The number of ether oxygens (including phenoxy) is 1. The molecule has 4 heteroatoms. The lowest BCUT2D eigenvalue weighted by Crippen LogP contribution is -2.31. The Kier molecular flexibility index (Phi) is 3.88. The summed E-state index contributed by atoms with van der Waals surface area (Å²) in [5.41, 5.74) is 6.16. The summed E-state index contributed by atoms with van der Waals surface area (Å²) >= 11 is 0. The topological polar surface area (TPSA) is 75.7 Å². The van der Waals surface area contributed by atoms with Crippen LogP contribution in [0.25, 0.3) is 0 Å². The number of rotatable bonds is 4. The molecule has 0 spiro atoms. The molecule has 4 nitrogen and oxygen atoms in total. The van der Waals surface area contributed by atoms with Crippen molar-refractivity contribution < 1.29 is 14.9 Å². The van der Waals surface area contributed by atoms with Gasteiger partial charge in [-0.25, -0.2) is 0 Å². The first-order valence-electron chi connectivity index (χ1n) is 4.37. The summed E-state index contributed by atoms with van der Waals surface area (Å²) in [6.45, 7) is -0.243. The van der Waals surface area contributed by atoms with Crippen molar-refractivity contribution in [2.24, 2.45) is 5.73 Å². The smallest absolute Gasteiger partial charge is 0.118 e. The van der Waals surface area contributed by atoms with Crippen molar-refractivity contribution in [3.05, 3.63) is 29.8 Å². The van der Waals surface area contributed by atoms with E-state index in [9.17, 15) is 5.11 Å². The zero-order valence-electron chi connectivity index (χ0n) is 8.05. The van der Waals surface area contributed by atoms with Crippen LogP contribution in [0.5, 0.6) is 5.75 Å². The Morgan fingerprint density at radius 3 is 2.36 bits per heavy atom. The molecular formula is C10H15NO3. The fourth-order valence-electron chi connectivity index (χ4n) is 1.15. The Labute approximate surface area is 82.9 Å². The third kappa shape index (κ3) is 2.45. The highest BCUT2D eigenvalue weighted by Gasteiger charge is 2.15. The second-order valence-corrected chi connectivity index (χ2v) is 3.06. The van der Waals surface area contributed by atoms with E-state index in [4.69, 9.17) is 15.6 Å². The van der Waals surface area contributed by atoms with E-state index < -0.39 is 12.1 Å². The molecule has 78 valence electrons. The molecule has 1 aromatic rings. The molecule has 14 heavy (non-hydrogen) atoms. The fraction of sp³-hybridized carbons (Fsp3) is 0.400. The van der Waals surface area contributed by atoms with Crippen molar-refractivity contribution in [1.82, 2.24) is 0 Å². The summed E-state index contributed by atoms with van der Waals surface area (Å²) in [6, 6.07) is 6.27. The van der Waals surface area contributed by atoms with E-state index in [0.29, 0.717) is 5.56 Å². The van der Waals surface area contributed by atoms with Crippen LogP contribution >= 0.6 is 0 Å². The van der Waals surface area contributed by atoms with E-state index in [1.165, 1.54) is 0 Å². The summed E-state index contributed by atoms with van der Waals surface area (Å²) < 4.78 is 4.97. The molecule has 0 bridgehead atoms. The highest BCUT2D eigenvalue weighted by atomic mass is 16.5. The summed E-state index contributed by atoms with van der Waals surface area (Å²) in [5.74, 6) is 0.721. The van der Waals surface area contributed by atoms with Gasteiger partial charge < -0.3 is 20.7 Å². The van der Waals surface area contributed by atoms with E-state index >= 15 is 0 Å². The molecule has 4 N–H and O–H groups in total. The molecule has 0 saturated carbocycles. The SMILES string of the molecule is COc1ccc([C@@H](O)[C@@H](N)CO)cc1. The molecule has 1 rings (SSSR count). The Morgan fingerprint density at radius 2 is 1.93 bits per heavy atom. The van der Waals surface area contributed by atoms with Crippen molar-refractivity contribution in [1.29, 1.82) is 0 Å². The minimum Gasteiger partial charge on any atom is -0.497 e. The van der Waals surface area contributed by atoms with Crippen molar-refractivity contribution in [2.75, 3.05) is 13.7 Å². The molecule has 2 atom stereocenters. The third-order valence-corrected chi connectivity index (χ3v) is 2.07. The number of nitrogens with two attached hydrogens (primary N) is 1. The number of aliphatic hydroxyl groups is 2. The van der Waals surface area contributed by atoms with Gasteiger partial charge in [0.15, 0.2) is 0 Å². The number of methoxy groups -OCH3 is 1. The highest BCUT2D eigenvalue weighted by Crippen LogP contribution is 2.19. The lowest BCUT2D eigenvalue weighted by molar-refractivity contribution is 0.109. The number of aliphatic hydroxyl groups excluding tert-OH is 2. The Morgan fingerprint density at radius 1 is 1.36 bits per heavy atom. The molecule has 0 heterocycles. The van der Waals surface area contributed by atoms with Crippen LogP contribution in [0.4, 0.5) is 0 Å². The molecule has 1 aromatic carbocycles. The van der Waals surface area contributed by atoms with Gasteiger partial charge in [0.05, 0.1) is 25.9 Å². The van der Waals surface area contributed by atoms with Crippen molar-refractivity contribution in [3.63, 3.8) is 0 Å². The highest BCUT2D eigenvalue weighted by molar-refractivity contribution is 5.28. The van der Waals surface area contributed by atoms with Crippen LogP contribution in [0.3, 0.4) is 0 Å². The normalized spacial score (nSPS) is 14.9. The van der Waals surface area contributed by atoms with Gasteiger partial charge in [-0.15, -0.1) is 0 Å². The van der Waals surface area contributed by atoms with Gasteiger partial charge in [-0.3, -0.25) is 0 Å². The third-order valence-electron chi connectivity index (χ3n) is 2.07. The van der Waals surface area contributed by atoms with E-state index in [0.717, 1.165) is 5.75 Å². The van der Waals surface area contributed by atoms with Gasteiger partial charge in [-0.05, 0) is 17.7 Å². The maximum atomic E-state index is 9.63. The molecule has 0 amide bonds. The lowest BCUT2D eigenvalue weighted by atomic mass is 10.0. The van der Waals surface area contributed by atoms with Crippen LogP contribution in [-0.2, 0) is 0 Å². The first kappa shape index (κ1) is 11.0. The summed E-state index contributed by atoms with van der Waals surface area (Å²) in [7, 11) is 1.57. The second kappa shape index (κ2) is 4.95. The van der Waals surface area contributed by atoms with Crippen molar-refractivity contribution >= 4 is 0 Å². The Balaban J connectivity index is 2.75. The lowest BCUT2D eigenvalue weighted by Gasteiger charge is -2.16. The van der Waals surface area contributed by atoms with Gasteiger partial charge in [0.25, 0.3) is 0 Å². The number of hydrogen-bond donors (Lipinski definition) is 3. The molecule has 0 radical (unpaired) electrons. The van der Waals surface area contributed by atoms with E-state index in [2.05, 4.69) is 0 Å². The minimum atomic E-state index is -0.842. The van der Waals surface area contributed by atoms with Crippen LogP contribution in [0.2, 0.25) is 0 Å². The van der Waals surface area contributed by atoms with Crippen LogP contribution in [0.1, 0.15) is 11.7 Å². The molecule has 0 unspecified atom stereocenters. The minimum absolute atomic E-state index is 0.243. The molecule has 0 fully saturated rings. The van der Waals surface area contributed by atoms with Gasteiger partial charge in [-0.2, -0.15) is 0 Å². The second-order valence-electron chi connectivity index (χ2n) is 3.06. The fourth-order valence-corrected chi connectivity index (χ4v) is 1.15. The summed E-state index contributed by atoms with van der Waals surface area (Å²) in [4.78, 5) is 0. The van der Waals surface area contributed by atoms with Gasteiger partial charge >= 0.3 is 0 Å². The van der Waals surface area contributed by atoms with Crippen LogP contribution in [0, 0.1) is 0 Å². The quantitative estimate of drug-likeness (QED) is 0.637. The van der Waals surface area contributed by atoms with Crippen molar-refractivity contribution in [2.45, 2.75) is 12.1 Å². The van der Waals surface area contributed by atoms with E-state index in [-0.39, 0.29) is 6.61 Å². The number of benzene rings is 1. The Hall–Kier alpha value is -1.10. The zero-order valence-corrected chi connectivity index (χ0v) is 8.05. The van der Waals surface area contributed by atoms with Crippen LogP contribution in [0.15, 0.2) is 24.3 Å². The maximum absolute atomic E-state index is 9.63. The van der Waals surface area contributed by atoms with Crippen molar-refractivity contribution in [3.8, 4) is 5.75 Å². The predicted molar refractivity (Wildman–Crippen MR) is 53.0 cm³/mol. The number of hydrogen-bond acceptors (Lipinski definition) is 4. The molecule has 0 aliphatic heterocycles.